The Hall–Kier alpha value is -0.730. The van der Waals surface area contributed by atoms with Crippen LogP contribution in [0.1, 0.15) is 53.4 Å². The Kier molecular flexibility index (Phi) is 3.13. The second-order valence-electron chi connectivity index (χ2n) is 7.07. The van der Waals surface area contributed by atoms with E-state index < -0.39 is 0 Å². The topological polar surface area (TPSA) is 32.3 Å². The number of likely N-dealkylation sites (tertiary alicyclic amines) is 1. The van der Waals surface area contributed by atoms with Crippen molar-refractivity contribution in [2.45, 2.75) is 59.4 Å². The molecule has 0 aromatic rings. The number of fused-ring (bicyclic) bond motifs is 2. The lowest BCUT2D eigenvalue weighted by atomic mass is 9.65. The molecule has 0 aromatic heterocycles. The summed E-state index contributed by atoms with van der Waals surface area (Å²) in [6.45, 7) is 10.8. The number of urea groups is 1. The number of nitrogens with one attached hydrogen (secondary N) is 1. The lowest BCUT2D eigenvalue weighted by molar-refractivity contribution is 0.129. The lowest BCUT2D eigenvalue weighted by Crippen LogP contribution is -2.43. The predicted molar refractivity (Wildman–Crippen MR) is 69.9 cm³/mol. The smallest absolute Gasteiger partial charge is 0.317 e. The Balaban J connectivity index is 2.05. The van der Waals surface area contributed by atoms with Crippen molar-refractivity contribution in [1.29, 1.82) is 0 Å². The molecule has 1 heterocycles. The summed E-state index contributed by atoms with van der Waals surface area (Å²) in [4.78, 5) is 14.2. The molecule has 2 bridgehead atoms. The van der Waals surface area contributed by atoms with Crippen molar-refractivity contribution in [2.24, 2.45) is 10.8 Å². The molecule has 1 aliphatic carbocycles. The average molecular weight is 238 g/mol. The summed E-state index contributed by atoms with van der Waals surface area (Å²) in [5.41, 5.74) is 0.730. The molecule has 1 N–H and O–H groups in total. The van der Waals surface area contributed by atoms with E-state index in [0.717, 1.165) is 25.9 Å². The van der Waals surface area contributed by atoms with E-state index in [4.69, 9.17) is 0 Å². The third-order valence-corrected chi connectivity index (χ3v) is 4.20. The highest BCUT2D eigenvalue weighted by atomic mass is 16.2. The van der Waals surface area contributed by atoms with Crippen molar-refractivity contribution in [3.63, 3.8) is 0 Å². The van der Waals surface area contributed by atoms with Crippen LogP contribution in [-0.2, 0) is 0 Å². The minimum atomic E-state index is 0.151. The van der Waals surface area contributed by atoms with E-state index in [1.165, 1.54) is 12.8 Å². The highest BCUT2D eigenvalue weighted by molar-refractivity contribution is 5.75. The first kappa shape index (κ1) is 12.7. The van der Waals surface area contributed by atoms with Crippen molar-refractivity contribution in [2.75, 3.05) is 13.1 Å². The molecule has 2 atom stereocenters. The molecule has 0 spiro atoms. The summed E-state index contributed by atoms with van der Waals surface area (Å²) in [5.74, 6) is 0. The van der Waals surface area contributed by atoms with Crippen LogP contribution in [0.2, 0.25) is 0 Å². The summed E-state index contributed by atoms with van der Waals surface area (Å²) in [7, 11) is 0. The maximum atomic E-state index is 12.1. The SMILES string of the molecule is CCCNC(=O)N1C[C@@]2(C)C[C@@H]1CC(C)(C)C2. The fraction of sp³-hybridized carbons (Fsp3) is 0.929. The first-order valence-electron chi connectivity index (χ1n) is 6.90. The molecule has 3 heteroatoms. The molecule has 2 rings (SSSR count). The van der Waals surface area contributed by atoms with Crippen LogP contribution >= 0.6 is 0 Å². The van der Waals surface area contributed by atoms with Crippen molar-refractivity contribution in [1.82, 2.24) is 10.2 Å². The Labute approximate surface area is 105 Å². The van der Waals surface area contributed by atoms with Gasteiger partial charge in [-0.2, -0.15) is 0 Å². The van der Waals surface area contributed by atoms with Gasteiger partial charge in [-0.1, -0.05) is 27.7 Å². The van der Waals surface area contributed by atoms with Gasteiger partial charge in [0.15, 0.2) is 0 Å². The van der Waals surface area contributed by atoms with Gasteiger partial charge in [-0.3, -0.25) is 0 Å². The number of amides is 2. The normalized spacial score (nSPS) is 34.8. The summed E-state index contributed by atoms with van der Waals surface area (Å²) in [5, 5.41) is 3.02. The van der Waals surface area contributed by atoms with E-state index >= 15 is 0 Å². The van der Waals surface area contributed by atoms with Crippen molar-refractivity contribution < 1.29 is 4.79 Å². The number of hydrogen-bond donors (Lipinski definition) is 1. The van der Waals surface area contributed by atoms with E-state index in [0.29, 0.717) is 16.9 Å². The van der Waals surface area contributed by atoms with Gasteiger partial charge < -0.3 is 10.2 Å². The second-order valence-corrected chi connectivity index (χ2v) is 7.07. The number of carbonyl (C=O) groups excluding carboxylic acids is 1. The van der Waals surface area contributed by atoms with Crippen LogP contribution in [0.25, 0.3) is 0 Å². The van der Waals surface area contributed by atoms with Crippen molar-refractivity contribution in [3.05, 3.63) is 0 Å². The van der Waals surface area contributed by atoms with Gasteiger partial charge in [0, 0.05) is 19.1 Å². The standard InChI is InChI=1S/C14H26N2O/c1-5-6-15-12(17)16-10-14(4)8-11(16)7-13(2,3)9-14/h11H,5-10H2,1-4H3,(H,15,17)/t11-,14-/m0/s1. The molecular formula is C14H26N2O. The fourth-order valence-corrected chi connectivity index (χ4v) is 4.03. The summed E-state index contributed by atoms with van der Waals surface area (Å²) < 4.78 is 0. The number of nitrogens with zero attached hydrogens (tertiary/aromatic N) is 1. The van der Waals surface area contributed by atoms with E-state index in [-0.39, 0.29) is 6.03 Å². The monoisotopic (exact) mass is 238 g/mol. The molecule has 0 unspecified atom stereocenters. The van der Waals surface area contributed by atoms with Gasteiger partial charge in [0.05, 0.1) is 0 Å². The lowest BCUT2D eigenvalue weighted by Gasteiger charge is -2.39. The molecular weight excluding hydrogens is 212 g/mol. The molecule has 2 amide bonds. The van der Waals surface area contributed by atoms with Crippen LogP contribution in [0.15, 0.2) is 0 Å². The van der Waals surface area contributed by atoms with Gasteiger partial charge in [-0.25, -0.2) is 4.79 Å². The molecule has 1 aliphatic heterocycles. The van der Waals surface area contributed by atoms with Crippen LogP contribution in [0.4, 0.5) is 4.79 Å². The van der Waals surface area contributed by atoms with E-state index in [1.807, 2.05) is 0 Å². The Morgan fingerprint density at radius 3 is 2.71 bits per heavy atom. The average Bonchev–Trinajstić information content (AvgIpc) is 2.44. The maximum absolute atomic E-state index is 12.1. The Morgan fingerprint density at radius 2 is 2.06 bits per heavy atom. The summed E-state index contributed by atoms with van der Waals surface area (Å²) in [6.07, 6.45) is 4.60. The molecule has 0 radical (unpaired) electrons. The Bertz CT molecular complexity index is 313. The fourth-order valence-electron chi connectivity index (χ4n) is 4.03. The zero-order valence-electron chi connectivity index (χ0n) is 11.7. The minimum absolute atomic E-state index is 0.151. The molecule has 2 fully saturated rings. The summed E-state index contributed by atoms with van der Waals surface area (Å²) in [6, 6.07) is 0.610. The van der Waals surface area contributed by atoms with Gasteiger partial charge in [0.2, 0.25) is 0 Å². The first-order chi connectivity index (χ1) is 7.85. The summed E-state index contributed by atoms with van der Waals surface area (Å²) >= 11 is 0. The van der Waals surface area contributed by atoms with Gasteiger partial charge in [0.25, 0.3) is 0 Å². The van der Waals surface area contributed by atoms with Gasteiger partial charge in [0.1, 0.15) is 0 Å². The number of carbonyl (C=O) groups is 1. The zero-order chi connectivity index (χ0) is 12.7. The molecule has 1 saturated carbocycles. The maximum Gasteiger partial charge on any atom is 0.317 e. The van der Waals surface area contributed by atoms with Crippen LogP contribution < -0.4 is 5.32 Å². The van der Waals surface area contributed by atoms with Gasteiger partial charge in [-0.05, 0) is 36.5 Å². The van der Waals surface area contributed by atoms with Crippen LogP contribution in [0.5, 0.6) is 0 Å². The molecule has 1 saturated heterocycles. The van der Waals surface area contributed by atoms with Crippen LogP contribution in [0.3, 0.4) is 0 Å². The molecule has 2 aliphatic rings. The number of rotatable bonds is 2. The van der Waals surface area contributed by atoms with Gasteiger partial charge in [-0.15, -0.1) is 0 Å². The van der Waals surface area contributed by atoms with E-state index in [9.17, 15) is 4.79 Å². The minimum Gasteiger partial charge on any atom is -0.338 e. The van der Waals surface area contributed by atoms with Crippen LogP contribution in [-0.4, -0.2) is 30.1 Å². The van der Waals surface area contributed by atoms with Crippen molar-refractivity contribution in [3.8, 4) is 0 Å². The van der Waals surface area contributed by atoms with Gasteiger partial charge >= 0.3 is 6.03 Å². The zero-order valence-corrected chi connectivity index (χ0v) is 11.7. The number of hydrogen-bond acceptors (Lipinski definition) is 1. The molecule has 3 nitrogen and oxygen atoms in total. The highest BCUT2D eigenvalue weighted by Gasteiger charge is 2.50. The largest absolute Gasteiger partial charge is 0.338 e. The highest BCUT2D eigenvalue weighted by Crippen LogP contribution is 2.52. The quantitative estimate of drug-likeness (QED) is 0.788. The molecule has 98 valence electrons. The first-order valence-corrected chi connectivity index (χ1v) is 6.90. The third-order valence-electron chi connectivity index (χ3n) is 4.20. The molecule has 17 heavy (non-hydrogen) atoms. The molecule has 0 aromatic carbocycles. The van der Waals surface area contributed by atoms with Crippen molar-refractivity contribution >= 4 is 6.03 Å². The third kappa shape index (κ3) is 2.58. The second kappa shape index (κ2) is 4.18. The predicted octanol–water partition coefficient (Wildman–Crippen LogP) is 3.01. The Morgan fingerprint density at radius 1 is 1.35 bits per heavy atom. The van der Waals surface area contributed by atoms with E-state index in [1.54, 1.807) is 0 Å². The van der Waals surface area contributed by atoms with Crippen LogP contribution in [0, 0.1) is 10.8 Å². The van der Waals surface area contributed by atoms with E-state index in [2.05, 4.69) is 37.9 Å².